The van der Waals surface area contributed by atoms with Gasteiger partial charge in [0.2, 0.25) is 5.95 Å². The highest BCUT2D eigenvalue weighted by Gasteiger charge is 2.24. The van der Waals surface area contributed by atoms with E-state index in [1.54, 1.807) is 0 Å². The summed E-state index contributed by atoms with van der Waals surface area (Å²) in [5, 5.41) is 0. The molecule has 2 aromatic carbocycles. The number of aryl methyl sites for hydroxylation is 1. The second-order valence-electron chi connectivity index (χ2n) is 7.78. The molecule has 0 N–H and O–H groups in total. The Morgan fingerprint density at radius 1 is 0.931 bits per heavy atom. The average molecular weight is 387 g/mol. The van der Waals surface area contributed by atoms with Crippen LogP contribution in [0, 0.1) is 6.92 Å². The highest BCUT2D eigenvalue weighted by Crippen LogP contribution is 2.30. The molecule has 150 valence electrons. The SMILES string of the molecule is CCN(CC)c1nc2c(c(-c3ccc(C)cc3)n1)CCN(Cc1ccccc1)C2. The van der Waals surface area contributed by atoms with Gasteiger partial charge in [0.25, 0.3) is 0 Å². The molecule has 29 heavy (non-hydrogen) atoms. The lowest BCUT2D eigenvalue weighted by Crippen LogP contribution is -2.33. The van der Waals surface area contributed by atoms with E-state index in [1.807, 2.05) is 0 Å². The van der Waals surface area contributed by atoms with Crippen LogP contribution < -0.4 is 4.90 Å². The molecular formula is C25H30N4. The van der Waals surface area contributed by atoms with E-state index in [0.29, 0.717) is 0 Å². The fourth-order valence-corrected chi connectivity index (χ4v) is 4.05. The molecule has 4 nitrogen and oxygen atoms in total. The molecule has 0 saturated carbocycles. The van der Waals surface area contributed by atoms with Gasteiger partial charge in [0.15, 0.2) is 0 Å². The summed E-state index contributed by atoms with van der Waals surface area (Å²) in [6, 6.07) is 19.4. The van der Waals surface area contributed by atoms with Crippen LogP contribution in [0.25, 0.3) is 11.3 Å². The van der Waals surface area contributed by atoms with E-state index in [9.17, 15) is 0 Å². The molecule has 4 rings (SSSR count). The molecule has 0 atom stereocenters. The van der Waals surface area contributed by atoms with Gasteiger partial charge < -0.3 is 4.90 Å². The van der Waals surface area contributed by atoms with Crippen LogP contribution in [0.1, 0.15) is 36.2 Å². The first-order chi connectivity index (χ1) is 14.2. The van der Waals surface area contributed by atoms with Crippen molar-refractivity contribution >= 4 is 5.95 Å². The van der Waals surface area contributed by atoms with Crippen molar-refractivity contribution in [3.8, 4) is 11.3 Å². The standard InChI is InChI=1S/C25H30N4/c1-4-29(5-2)25-26-23-18-28(17-20-9-7-6-8-10-20)16-15-22(23)24(27-25)21-13-11-19(3)12-14-21/h6-14H,4-5,15-18H2,1-3H3. The summed E-state index contributed by atoms with van der Waals surface area (Å²) in [4.78, 5) is 14.8. The van der Waals surface area contributed by atoms with Crippen molar-refractivity contribution < 1.29 is 0 Å². The first-order valence-electron chi connectivity index (χ1n) is 10.7. The number of hydrogen-bond donors (Lipinski definition) is 0. The number of hydrogen-bond acceptors (Lipinski definition) is 4. The van der Waals surface area contributed by atoms with E-state index in [-0.39, 0.29) is 0 Å². The van der Waals surface area contributed by atoms with E-state index in [2.05, 4.69) is 85.2 Å². The van der Waals surface area contributed by atoms with Gasteiger partial charge in [0.05, 0.1) is 11.4 Å². The van der Waals surface area contributed by atoms with E-state index in [4.69, 9.17) is 9.97 Å². The Bertz CT molecular complexity index is 947. The summed E-state index contributed by atoms with van der Waals surface area (Å²) in [6.07, 6.45) is 0.990. The summed E-state index contributed by atoms with van der Waals surface area (Å²) in [6.45, 7) is 11.2. The zero-order valence-corrected chi connectivity index (χ0v) is 17.7. The van der Waals surface area contributed by atoms with Crippen molar-refractivity contribution in [1.29, 1.82) is 0 Å². The van der Waals surface area contributed by atoms with E-state index in [1.165, 1.54) is 27.9 Å². The van der Waals surface area contributed by atoms with Gasteiger partial charge in [-0.3, -0.25) is 4.90 Å². The first kappa shape index (κ1) is 19.6. The van der Waals surface area contributed by atoms with Crippen LogP contribution in [0.3, 0.4) is 0 Å². The minimum Gasteiger partial charge on any atom is -0.341 e. The van der Waals surface area contributed by atoms with Crippen LogP contribution >= 0.6 is 0 Å². The molecular weight excluding hydrogens is 356 g/mol. The Kier molecular flexibility index (Phi) is 5.91. The molecule has 4 heteroatoms. The number of rotatable bonds is 6. The molecule has 3 aromatic rings. The first-order valence-corrected chi connectivity index (χ1v) is 10.7. The van der Waals surface area contributed by atoms with Crippen LogP contribution in [-0.4, -0.2) is 34.5 Å². The maximum Gasteiger partial charge on any atom is 0.226 e. The molecule has 1 aliphatic rings. The molecule has 0 amide bonds. The average Bonchev–Trinajstić information content (AvgIpc) is 2.75. The molecule has 0 saturated heterocycles. The maximum absolute atomic E-state index is 5.03. The summed E-state index contributed by atoms with van der Waals surface area (Å²) < 4.78 is 0. The molecule has 0 fully saturated rings. The van der Waals surface area contributed by atoms with Gasteiger partial charge in [-0.2, -0.15) is 0 Å². The fourth-order valence-electron chi connectivity index (χ4n) is 4.05. The summed E-state index contributed by atoms with van der Waals surface area (Å²) in [7, 11) is 0. The third-order valence-corrected chi connectivity index (χ3v) is 5.75. The minimum atomic E-state index is 0.853. The Morgan fingerprint density at radius 3 is 2.34 bits per heavy atom. The highest BCUT2D eigenvalue weighted by molar-refractivity contribution is 5.66. The molecule has 1 aromatic heterocycles. The highest BCUT2D eigenvalue weighted by atomic mass is 15.3. The zero-order chi connectivity index (χ0) is 20.2. The summed E-state index contributed by atoms with van der Waals surface area (Å²) in [5.74, 6) is 0.853. The van der Waals surface area contributed by atoms with Crippen LogP contribution in [0.2, 0.25) is 0 Å². The quantitative estimate of drug-likeness (QED) is 0.606. The second kappa shape index (κ2) is 8.75. The van der Waals surface area contributed by atoms with E-state index >= 15 is 0 Å². The van der Waals surface area contributed by atoms with Crippen molar-refractivity contribution in [2.24, 2.45) is 0 Å². The Hall–Kier alpha value is -2.72. The Morgan fingerprint density at radius 2 is 1.66 bits per heavy atom. The van der Waals surface area contributed by atoms with Crippen LogP contribution in [0.15, 0.2) is 54.6 Å². The second-order valence-corrected chi connectivity index (χ2v) is 7.78. The lowest BCUT2D eigenvalue weighted by molar-refractivity contribution is 0.241. The van der Waals surface area contributed by atoms with Crippen LogP contribution in [0.5, 0.6) is 0 Å². The van der Waals surface area contributed by atoms with E-state index in [0.717, 1.165) is 50.8 Å². The number of nitrogens with zero attached hydrogens (tertiary/aromatic N) is 4. The molecule has 2 heterocycles. The van der Waals surface area contributed by atoms with Crippen molar-refractivity contribution in [3.63, 3.8) is 0 Å². The predicted molar refractivity (Wildman–Crippen MR) is 120 cm³/mol. The maximum atomic E-state index is 5.03. The zero-order valence-electron chi connectivity index (χ0n) is 17.7. The number of benzene rings is 2. The molecule has 0 bridgehead atoms. The number of aromatic nitrogens is 2. The topological polar surface area (TPSA) is 32.3 Å². The molecule has 0 unspecified atom stereocenters. The smallest absolute Gasteiger partial charge is 0.226 e. The molecule has 0 spiro atoms. The summed E-state index contributed by atoms with van der Waals surface area (Å²) >= 11 is 0. The van der Waals surface area contributed by atoms with Gasteiger partial charge in [-0.1, -0.05) is 60.2 Å². The van der Waals surface area contributed by atoms with Crippen molar-refractivity contribution in [1.82, 2.24) is 14.9 Å². The van der Waals surface area contributed by atoms with Crippen molar-refractivity contribution in [2.45, 2.75) is 40.3 Å². The molecule has 0 radical (unpaired) electrons. The normalized spacial score (nSPS) is 13.9. The third kappa shape index (κ3) is 4.33. The monoisotopic (exact) mass is 386 g/mol. The third-order valence-electron chi connectivity index (χ3n) is 5.75. The van der Waals surface area contributed by atoms with Gasteiger partial charge >= 0.3 is 0 Å². The summed E-state index contributed by atoms with van der Waals surface area (Å²) in [5.41, 5.74) is 7.42. The Labute approximate surface area is 174 Å². The van der Waals surface area contributed by atoms with Crippen molar-refractivity contribution in [2.75, 3.05) is 24.5 Å². The minimum absolute atomic E-state index is 0.853. The molecule has 0 aliphatic carbocycles. The van der Waals surface area contributed by atoms with Gasteiger partial charge in [0.1, 0.15) is 0 Å². The molecule has 1 aliphatic heterocycles. The van der Waals surface area contributed by atoms with E-state index < -0.39 is 0 Å². The van der Waals surface area contributed by atoms with Crippen LogP contribution in [0.4, 0.5) is 5.95 Å². The lowest BCUT2D eigenvalue weighted by Gasteiger charge is -2.30. The lowest BCUT2D eigenvalue weighted by atomic mass is 9.97. The van der Waals surface area contributed by atoms with Crippen LogP contribution in [-0.2, 0) is 19.5 Å². The van der Waals surface area contributed by atoms with Crippen molar-refractivity contribution in [3.05, 3.63) is 77.0 Å². The van der Waals surface area contributed by atoms with Gasteiger partial charge in [-0.25, -0.2) is 9.97 Å². The Balaban J connectivity index is 1.71. The fraction of sp³-hybridized carbons (Fsp3) is 0.360. The van der Waals surface area contributed by atoms with Gasteiger partial charge in [-0.05, 0) is 32.8 Å². The van der Waals surface area contributed by atoms with Gasteiger partial charge in [0, 0.05) is 43.9 Å². The number of anilines is 1. The largest absolute Gasteiger partial charge is 0.341 e. The van der Waals surface area contributed by atoms with Gasteiger partial charge in [-0.15, -0.1) is 0 Å². The predicted octanol–water partition coefficient (Wildman–Crippen LogP) is 4.86. The number of fused-ring (bicyclic) bond motifs is 1.